The summed E-state index contributed by atoms with van der Waals surface area (Å²) in [6.07, 6.45) is 3.64. The molecule has 1 aromatic carbocycles. The molecule has 0 aliphatic heterocycles. The Morgan fingerprint density at radius 1 is 1.25 bits per heavy atom. The van der Waals surface area contributed by atoms with Crippen LogP contribution in [-0.4, -0.2) is 10.2 Å². The molecule has 0 saturated carbocycles. The lowest BCUT2D eigenvalue weighted by Gasteiger charge is -2.08. The first-order valence-electron chi connectivity index (χ1n) is 5.68. The summed E-state index contributed by atoms with van der Waals surface area (Å²) in [4.78, 5) is 0. The zero-order valence-electron chi connectivity index (χ0n) is 9.38. The van der Waals surface area contributed by atoms with Crippen LogP contribution in [0.4, 0.5) is 5.82 Å². The van der Waals surface area contributed by atoms with Crippen LogP contribution in [0.1, 0.15) is 23.1 Å². The number of rotatable bonds is 1. The molecule has 0 amide bonds. The van der Waals surface area contributed by atoms with Gasteiger partial charge in [0.25, 0.3) is 0 Å². The first-order valence-corrected chi connectivity index (χ1v) is 5.68. The van der Waals surface area contributed by atoms with Gasteiger partial charge in [-0.2, -0.15) is 5.10 Å². The smallest absolute Gasteiger partial charge is 0.145 e. The Balaban J connectivity index is 2.19. The van der Waals surface area contributed by atoms with E-state index in [9.17, 15) is 0 Å². The highest BCUT2D eigenvalue weighted by atomic mass is 15.2. The molecule has 3 nitrogen and oxygen atoms in total. The molecule has 1 heterocycles. The van der Waals surface area contributed by atoms with Crippen LogP contribution in [0.25, 0.3) is 11.3 Å². The SMILES string of the molecule is Cc1ccc(-c2cc(N)n[nH]2)c2c1CCC2. The van der Waals surface area contributed by atoms with E-state index in [4.69, 9.17) is 5.73 Å². The fourth-order valence-corrected chi connectivity index (χ4v) is 2.61. The average Bonchev–Trinajstić information content (AvgIpc) is 2.87. The van der Waals surface area contributed by atoms with Crippen molar-refractivity contribution in [1.82, 2.24) is 10.2 Å². The van der Waals surface area contributed by atoms with E-state index in [1.165, 1.54) is 41.5 Å². The van der Waals surface area contributed by atoms with Crippen molar-refractivity contribution in [2.24, 2.45) is 0 Å². The van der Waals surface area contributed by atoms with Crippen molar-refractivity contribution in [2.45, 2.75) is 26.2 Å². The second kappa shape index (κ2) is 3.37. The maximum atomic E-state index is 5.65. The number of aromatic nitrogens is 2. The highest BCUT2D eigenvalue weighted by Crippen LogP contribution is 2.33. The van der Waals surface area contributed by atoms with E-state index in [1.54, 1.807) is 0 Å². The summed E-state index contributed by atoms with van der Waals surface area (Å²) in [7, 11) is 0. The maximum Gasteiger partial charge on any atom is 0.145 e. The van der Waals surface area contributed by atoms with Gasteiger partial charge in [0.1, 0.15) is 5.82 Å². The van der Waals surface area contributed by atoms with Crippen LogP contribution in [0, 0.1) is 6.92 Å². The highest BCUT2D eigenvalue weighted by molar-refractivity contribution is 5.69. The van der Waals surface area contributed by atoms with Crippen molar-refractivity contribution >= 4 is 5.82 Å². The van der Waals surface area contributed by atoms with Crippen molar-refractivity contribution in [3.05, 3.63) is 34.9 Å². The second-order valence-electron chi connectivity index (χ2n) is 4.45. The molecule has 1 aromatic heterocycles. The number of anilines is 1. The number of H-pyrrole nitrogens is 1. The van der Waals surface area contributed by atoms with Gasteiger partial charge in [-0.05, 0) is 42.9 Å². The van der Waals surface area contributed by atoms with E-state index in [-0.39, 0.29) is 0 Å². The van der Waals surface area contributed by atoms with Crippen molar-refractivity contribution in [2.75, 3.05) is 5.73 Å². The predicted octanol–water partition coefficient (Wildman–Crippen LogP) is 2.46. The molecule has 82 valence electrons. The zero-order chi connectivity index (χ0) is 11.1. The first kappa shape index (κ1) is 9.46. The minimum Gasteiger partial charge on any atom is -0.382 e. The normalized spacial score (nSPS) is 14.1. The number of benzene rings is 1. The predicted molar refractivity (Wildman–Crippen MR) is 65.2 cm³/mol. The van der Waals surface area contributed by atoms with E-state index in [0.29, 0.717) is 5.82 Å². The molecule has 3 rings (SSSR count). The fraction of sp³-hybridized carbons (Fsp3) is 0.308. The number of nitrogen functional groups attached to an aromatic ring is 1. The molecule has 0 fully saturated rings. The number of aryl methyl sites for hydroxylation is 1. The summed E-state index contributed by atoms with van der Waals surface area (Å²) in [5.74, 6) is 0.558. The minimum absolute atomic E-state index is 0.558. The number of nitrogens with one attached hydrogen (secondary N) is 1. The van der Waals surface area contributed by atoms with Gasteiger partial charge in [0.15, 0.2) is 0 Å². The number of aromatic amines is 1. The van der Waals surface area contributed by atoms with Crippen LogP contribution in [0.3, 0.4) is 0 Å². The molecule has 0 atom stereocenters. The van der Waals surface area contributed by atoms with Gasteiger partial charge < -0.3 is 5.73 Å². The zero-order valence-corrected chi connectivity index (χ0v) is 9.38. The van der Waals surface area contributed by atoms with Gasteiger partial charge in [-0.25, -0.2) is 0 Å². The molecule has 2 aromatic rings. The molecule has 0 saturated heterocycles. The number of fused-ring (bicyclic) bond motifs is 1. The van der Waals surface area contributed by atoms with E-state index >= 15 is 0 Å². The molecule has 1 aliphatic rings. The van der Waals surface area contributed by atoms with Crippen LogP contribution in [0.2, 0.25) is 0 Å². The molecule has 0 radical (unpaired) electrons. The third kappa shape index (κ3) is 1.32. The van der Waals surface area contributed by atoms with Gasteiger partial charge in [-0.3, -0.25) is 5.10 Å². The molecular weight excluding hydrogens is 198 g/mol. The maximum absolute atomic E-state index is 5.65. The van der Waals surface area contributed by atoms with Crippen LogP contribution in [-0.2, 0) is 12.8 Å². The molecule has 0 bridgehead atoms. The van der Waals surface area contributed by atoms with Gasteiger partial charge in [-0.15, -0.1) is 0 Å². The van der Waals surface area contributed by atoms with Crippen molar-refractivity contribution in [3.63, 3.8) is 0 Å². The van der Waals surface area contributed by atoms with E-state index in [2.05, 4.69) is 29.3 Å². The highest BCUT2D eigenvalue weighted by Gasteiger charge is 2.18. The third-order valence-electron chi connectivity index (χ3n) is 3.41. The van der Waals surface area contributed by atoms with Crippen molar-refractivity contribution < 1.29 is 0 Å². The van der Waals surface area contributed by atoms with E-state index < -0.39 is 0 Å². The quantitative estimate of drug-likeness (QED) is 0.764. The second-order valence-corrected chi connectivity index (χ2v) is 4.45. The summed E-state index contributed by atoms with van der Waals surface area (Å²) in [5.41, 5.74) is 12.4. The standard InChI is InChI=1S/C13H15N3/c1-8-5-6-11(10-4-2-3-9(8)10)12-7-13(14)16-15-12/h5-7H,2-4H2,1H3,(H3,14,15,16). The Bertz CT molecular complexity index is 540. The number of hydrogen-bond donors (Lipinski definition) is 2. The van der Waals surface area contributed by atoms with Gasteiger partial charge in [0.05, 0.1) is 5.69 Å². The van der Waals surface area contributed by atoms with Gasteiger partial charge in [-0.1, -0.05) is 12.1 Å². The average molecular weight is 213 g/mol. The van der Waals surface area contributed by atoms with E-state index in [1.807, 2.05) is 6.07 Å². The van der Waals surface area contributed by atoms with Gasteiger partial charge in [0, 0.05) is 11.6 Å². The van der Waals surface area contributed by atoms with Crippen LogP contribution in [0.15, 0.2) is 18.2 Å². The molecular formula is C13H15N3. The van der Waals surface area contributed by atoms with Crippen LogP contribution in [0.5, 0.6) is 0 Å². The molecule has 3 heteroatoms. The summed E-state index contributed by atoms with van der Waals surface area (Å²) in [6, 6.07) is 6.27. The summed E-state index contributed by atoms with van der Waals surface area (Å²) < 4.78 is 0. The lowest BCUT2D eigenvalue weighted by atomic mass is 9.97. The monoisotopic (exact) mass is 213 g/mol. The lowest BCUT2D eigenvalue weighted by Crippen LogP contribution is -1.92. The number of nitrogens with two attached hydrogens (primary N) is 1. The molecule has 16 heavy (non-hydrogen) atoms. The number of hydrogen-bond acceptors (Lipinski definition) is 2. The molecule has 0 spiro atoms. The van der Waals surface area contributed by atoms with Gasteiger partial charge >= 0.3 is 0 Å². The van der Waals surface area contributed by atoms with Crippen molar-refractivity contribution in [3.8, 4) is 11.3 Å². The molecule has 1 aliphatic carbocycles. The summed E-state index contributed by atoms with van der Waals surface area (Å²) in [6.45, 7) is 2.19. The lowest BCUT2D eigenvalue weighted by molar-refractivity contribution is 0.909. The molecule has 3 N–H and O–H groups in total. The topological polar surface area (TPSA) is 54.7 Å². The fourth-order valence-electron chi connectivity index (χ4n) is 2.61. The van der Waals surface area contributed by atoms with Crippen LogP contribution >= 0.6 is 0 Å². The first-order chi connectivity index (χ1) is 7.75. The Morgan fingerprint density at radius 2 is 2.06 bits per heavy atom. The Labute approximate surface area is 94.7 Å². The summed E-state index contributed by atoms with van der Waals surface area (Å²) in [5, 5.41) is 6.99. The third-order valence-corrected chi connectivity index (χ3v) is 3.41. The van der Waals surface area contributed by atoms with E-state index in [0.717, 1.165) is 5.69 Å². The van der Waals surface area contributed by atoms with Gasteiger partial charge in [0.2, 0.25) is 0 Å². The Kier molecular flexibility index (Phi) is 1.99. The van der Waals surface area contributed by atoms with Crippen LogP contribution < -0.4 is 5.73 Å². The largest absolute Gasteiger partial charge is 0.382 e. The number of nitrogens with zero attached hydrogens (tertiary/aromatic N) is 1. The summed E-state index contributed by atoms with van der Waals surface area (Å²) >= 11 is 0. The minimum atomic E-state index is 0.558. The molecule has 0 unspecified atom stereocenters. The van der Waals surface area contributed by atoms with Crippen molar-refractivity contribution in [1.29, 1.82) is 0 Å². The Morgan fingerprint density at radius 3 is 2.81 bits per heavy atom. The Hall–Kier alpha value is -1.77.